The second-order valence-electron chi connectivity index (χ2n) is 10.0. The molecular formula is C30H38O5Si. The highest BCUT2D eigenvalue weighted by Gasteiger charge is 2.50. The van der Waals surface area contributed by atoms with Crippen molar-refractivity contribution in [3.05, 3.63) is 90.5 Å². The van der Waals surface area contributed by atoms with Crippen molar-refractivity contribution in [3.8, 4) is 5.75 Å². The second kappa shape index (κ2) is 12.9. The van der Waals surface area contributed by atoms with Crippen LogP contribution in [0.4, 0.5) is 0 Å². The maximum atomic E-state index is 12.2. The van der Waals surface area contributed by atoms with E-state index >= 15 is 0 Å². The Morgan fingerprint density at radius 1 is 0.889 bits per heavy atom. The Hall–Kier alpha value is -2.93. The molecule has 0 bridgehead atoms. The third kappa shape index (κ3) is 7.06. The lowest BCUT2D eigenvalue weighted by Crippen LogP contribution is -2.67. The van der Waals surface area contributed by atoms with Crippen LogP contribution in [-0.4, -0.2) is 39.2 Å². The van der Waals surface area contributed by atoms with Crippen LogP contribution in [0.25, 0.3) is 0 Å². The number of esters is 1. The van der Waals surface area contributed by atoms with E-state index in [9.17, 15) is 9.90 Å². The topological polar surface area (TPSA) is 65.0 Å². The molecule has 3 rings (SSSR count). The molecule has 1 N–H and O–H groups in total. The molecule has 0 aromatic heterocycles. The lowest BCUT2D eigenvalue weighted by atomic mass is 10.1. The highest BCUT2D eigenvalue weighted by atomic mass is 28.4. The van der Waals surface area contributed by atoms with Crippen molar-refractivity contribution < 1.29 is 23.8 Å². The van der Waals surface area contributed by atoms with Crippen LogP contribution < -0.4 is 15.1 Å². The minimum absolute atomic E-state index is 0.152. The van der Waals surface area contributed by atoms with Crippen LogP contribution in [0.15, 0.2) is 84.9 Å². The standard InChI is InChI=1S/C30H38O5Si/c1-30(2,3)36(27-13-7-5-8-14-27,28-15-9-6-10-16-28)35-23-25(31)12-11-17-29(32)34-22-24-18-20-26(33-4)21-19-24/h5-10,13-16,18-21,25,31H,11-12,17,22-23H2,1-4H3/t25-/m1/s1. The molecule has 3 aromatic rings. The summed E-state index contributed by atoms with van der Waals surface area (Å²) in [5.41, 5.74) is 0.905. The van der Waals surface area contributed by atoms with Crippen LogP contribution in [0.3, 0.4) is 0 Å². The first-order valence-corrected chi connectivity index (χ1v) is 14.4. The van der Waals surface area contributed by atoms with Gasteiger partial charge in [0.2, 0.25) is 0 Å². The van der Waals surface area contributed by atoms with Gasteiger partial charge in [-0.1, -0.05) is 93.6 Å². The monoisotopic (exact) mass is 506 g/mol. The summed E-state index contributed by atoms with van der Waals surface area (Å²) in [6.07, 6.45) is 0.593. The van der Waals surface area contributed by atoms with Gasteiger partial charge in [-0.25, -0.2) is 0 Å². The van der Waals surface area contributed by atoms with Crippen molar-refractivity contribution >= 4 is 24.7 Å². The van der Waals surface area contributed by atoms with Crippen molar-refractivity contribution in [1.82, 2.24) is 0 Å². The summed E-state index contributed by atoms with van der Waals surface area (Å²) in [5.74, 6) is 0.491. The highest BCUT2D eigenvalue weighted by molar-refractivity contribution is 6.99. The van der Waals surface area contributed by atoms with E-state index in [4.69, 9.17) is 13.9 Å². The fourth-order valence-electron chi connectivity index (χ4n) is 4.51. The van der Waals surface area contributed by atoms with Gasteiger partial charge in [-0.05, 0) is 45.9 Å². The van der Waals surface area contributed by atoms with E-state index in [1.807, 2.05) is 60.7 Å². The summed E-state index contributed by atoms with van der Waals surface area (Å²) >= 11 is 0. The van der Waals surface area contributed by atoms with Crippen LogP contribution in [0, 0.1) is 0 Å². The number of hydrogen-bond acceptors (Lipinski definition) is 5. The first-order valence-electron chi connectivity index (χ1n) is 12.5. The van der Waals surface area contributed by atoms with Gasteiger partial charge in [0.1, 0.15) is 12.4 Å². The van der Waals surface area contributed by atoms with Crippen LogP contribution >= 0.6 is 0 Å². The smallest absolute Gasteiger partial charge is 0.306 e. The molecule has 6 heteroatoms. The summed E-state index contributed by atoms with van der Waals surface area (Å²) in [6.45, 7) is 7.08. The van der Waals surface area contributed by atoms with E-state index < -0.39 is 14.4 Å². The Kier molecular flexibility index (Phi) is 9.87. The molecule has 3 aromatic carbocycles. The van der Waals surface area contributed by atoms with Gasteiger partial charge in [0.25, 0.3) is 8.32 Å². The fraction of sp³-hybridized carbons (Fsp3) is 0.367. The number of aliphatic hydroxyl groups is 1. The lowest BCUT2D eigenvalue weighted by molar-refractivity contribution is -0.145. The van der Waals surface area contributed by atoms with Crippen LogP contribution in [0.5, 0.6) is 5.75 Å². The molecule has 192 valence electrons. The molecule has 36 heavy (non-hydrogen) atoms. The van der Waals surface area contributed by atoms with Crippen LogP contribution in [-0.2, 0) is 20.6 Å². The van der Waals surface area contributed by atoms with Crippen molar-refractivity contribution in [2.24, 2.45) is 0 Å². The molecular weight excluding hydrogens is 468 g/mol. The quantitative estimate of drug-likeness (QED) is 0.281. The molecule has 1 atom stereocenters. The Balaban J connectivity index is 1.57. The second-order valence-corrected chi connectivity index (χ2v) is 14.3. The van der Waals surface area contributed by atoms with E-state index in [2.05, 4.69) is 45.0 Å². The van der Waals surface area contributed by atoms with Gasteiger partial charge in [0, 0.05) is 6.42 Å². The molecule has 0 saturated carbocycles. The van der Waals surface area contributed by atoms with E-state index in [0.29, 0.717) is 12.8 Å². The molecule has 0 aliphatic carbocycles. The first kappa shape index (κ1) is 27.7. The fourth-order valence-corrected chi connectivity index (χ4v) is 9.10. The molecule has 0 fully saturated rings. The maximum absolute atomic E-state index is 12.2. The molecule has 0 amide bonds. The number of aliphatic hydroxyl groups excluding tert-OH is 1. The third-order valence-electron chi connectivity index (χ3n) is 6.39. The van der Waals surface area contributed by atoms with E-state index in [1.54, 1.807) is 7.11 Å². The predicted octanol–water partition coefficient (Wildman–Crippen LogP) is 4.85. The van der Waals surface area contributed by atoms with Gasteiger partial charge >= 0.3 is 5.97 Å². The molecule has 0 aliphatic heterocycles. The van der Waals surface area contributed by atoms with Gasteiger partial charge in [-0.2, -0.15) is 0 Å². The van der Waals surface area contributed by atoms with E-state index in [0.717, 1.165) is 11.3 Å². The zero-order valence-corrected chi connectivity index (χ0v) is 22.8. The van der Waals surface area contributed by atoms with Gasteiger partial charge < -0.3 is 19.0 Å². The third-order valence-corrected chi connectivity index (χ3v) is 11.4. The normalized spacial score (nSPS) is 12.7. The number of rotatable bonds is 12. The predicted molar refractivity (Wildman–Crippen MR) is 146 cm³/mol. The largest absolute Gasteiger partial charge is 0.497 e. The van der Waals surface area contributed by atoms with Gasteiger partial charge in [-0.15, -0.1) is 0 Å². The molecule has 0 unspecified atom stereocenters. The zero-order chi connectivity index (χ0) is 26.0. The Morgan fingerprint density at radius 2 is 1.44 bits per heavy atom. The number of ether oxygens (including phenoxy) is 2. The summed E-state index contributed by atoms with van der Waals surface area (Å²) in [7, 11) is -1.08. The van der Waals surface area contributed by atoms with Gasteiger partial charge in [0.15, 0.2) is 0 Å². The summed E-state index contributed by atoms with van der Waals surface area (Å²) in [6, 6.07) is 28.2. The number of carbonyl (C=O) groups is 1. The summed E-state index contributed by atoms with van der Waals surface area (Å²) < 4.78 is 17.3. The van der Waals surface area contributed by atoms with E-state index in [-0.39, 0.29) is 30.6 Å². The van der Waals surface area contributed by atoms with E-state index in [1.165, 1.54) is 10.4 Å². The van der Waals surface area contributed by atoms with Crippen molar-refractivity contribution in [2.45, 2.75) is 57.8 Å². The number of hydrogen-bond donors (Lipinski definition) is 1. The summed E-state index contributed by atoms with van der Waals surface area (Å²) in [4.78, 5) is 12.2. The average molecular weight is 507 g/mol. The van der Waals surface area contributed by atoms with Crippen molar-refractivity contribution in [1.29, 1.82) is 0 Å². The lowest BCUT2D eigenvalue weighted by Gasteiger charge is -2.43. The highest BCUT2D eigenvalue weighted by Crippen LogP contribution is 2.36. The Bertz CT molecular complexity index is 1020. The first-order chi connectivity index (χ1) is 17.3. The molecule has 0 saturated heterocycles. The minimum Gasteiger partial charge on any atom is -0.497 e. The van der Waals surface area contributed by atoms with Crippen molar-refractivity contribution in [3.63, 3.8) is 0 Å². The Labute approximate surface area is 216 Å². The maximum Gasteiger partial charge on any atom is 0.306 e. The molecule has 0 spiro atoms. The average Bonchev–Trinajstić information content (AvgIpc) is 2.88. The van der Waals surface area contributed by atoms with Crippen LogP contribution in [0.1, 0.15) is 45.6 Å². The SMILES string of the molecule is COc1ccc(COC(=O)CCC[C@@H](O)CO[Si](c2ccccc2)(c2ccccc2)C(C)(C)C)cc1. The molecule has 0 heterocycles. The van der Waals surface area contributed by atoms with Crippen LogP contribution in [0.2, 0.25) is 5.04 Å². The number of carbonyl (C=O) groups excluding carboxylic acids is 1. The number of methoxy groups -OCH3 is 1. The van der Waals surface area contributed by atoms with Gasteiger partial charge in [-0.3, -0.25) is 4.79 Å². The number of benzene rings is 3. The molecule has 0 aliphatic rings. The minimum atomic E-state index is -2.69. The summed E-state index contributed by atoms with van der Waals surface area (Å²) in [5, 5.41) is 13.0. The zero-order valence-electron chi connectivity index (χ0n) is 21.8. The molecule has 0 radical (unpaired) electrons. The van der Waals surface area contributed by atoms with Crippen molar-refractivity contribution in [2.75, 3.05) is 13.7 Å². The Morgan fingerprint density at radius 3 is 1.94 bits per heavy atom. The molecule has 5 nitrogen and oxygen atoms in total. The van der Waals surface area contributed by atoms with Gasteiger partial charge in [0.05, 0.1) is 19.8 Å².